The minimum absolute atomic E-state index is 0.186. The zero-order valence-corrected chi connectivity index (χ0v) is 10.5. The third-order valence-electron chi connectivity index (χ3n) is 3.39. The number of alkyl carbamates (subject to hydrolysis) is 1. The molecule has 0 heterocycles. The van der Waals surface area contributed by atoms with Crippen molar-refractivity contribution in [3.63, 3.8) is 0 Å². The molecule has 96 valence electrons. The zero-order valence-electron chi connectivity index (χ0n) is 10.5. The van der Waals surface area contributed by atoms with Crippen LogP contribution in [0.5, 0.6) is 0 Å². The van der Waals surface area contributed by atoms with Crippen LogP contribution in [-0.2, 0) is 11.3 Å². The lowest BCUT2D eigenvalue weighted by molar-refractivity contribution is 0.134. The van der Waals surface area contributed by atoms with E-state index in [-0.39, 0.29) is 12.1 Å². The van der Waals surface area contributed by atoms with Gasteiger partial charge >= 0.3 is 6.09 Å². The van der Waals surface area contributed by atoms with Crippen molar-refractivity contribution in [2.45, 2.75) is 31.9 Å². The molecule has 1 saturated carbocycles. The van der Waals surface area contributed by atoms with Gasteiger partial charge in [0.15, 0.2) is 0 Å². The van der Waals surface area contributed by atoms with E-state index >= 15 is 0 Å². The molecule has 1 aromatic carbocycles. The fourth-order valence-electron chi connectivity index (χ4n) is 2.37. The van der Waals surface area contributed by atoms with Gasteiger partial charge in [-0.3, -0.25) is 0 Å². The maximum absolute atomic E-state index is 11.7. The highest BCUT2D eigenvalue weighted by molar-refractivity contribution is 5.67. The second kappa shape index (κ2) is 6.24. The summed E-state index contributed by atoms with van der Waals surface area (Å²) in [4.78, 5) is 11.7. The van der Waals surface area contributed by atoms with Crippen molar-refractivity contribution in [2.24, 2.45) is 5.92 Å². The average Bonchev–Trinajstić information content (AvgIpc) is 2.85. The molecule has 0 unspecified atom stereocenters. The Bertz CT molecular complexity index is 402. The summed E-state index contributed by atoms with van der Waals surface area (Å²) in [5.41, 5.74) is 0.999. The monoisotopic (exact) mass is 245 g/mol. The summed E-state index contributed by atoms with van der Waals surface area (Å²) in [5, 5.41) is 2.92. The minimum Gasteiger partial charge on any atom is -0.445 e. The first-order chi connectivity index (χ1) is 8.79. The van der Waals surface area contributed by atoms with Crippen molar-refractivity contribution in [2.75, 3.05) is 0 Å². The van der Waals surface area contributed by atoms with Gasteiger partial charge in [-0.15, -0.1) is 6.58 Å². The Balaban J connectivity index is 1.77. The number of ether oxygens (including phenoxy) is 1. The summed E-state index contributed by atoms with van der Waals surface area (Å²) in [6.07, 6.45) is 4.84. The average molecular weight is 245 g/mol. The number of hydrogen-bond donors (Lipinski definition) is 1. The van der Waals surface area contributed by atoms with Gasteiger partial charge < -0.3 is 10.1 Å². The van der Waals surface area contributed by atoms with Crippen molar-refractivity contribution in [3.05, 3.63) is 48.6 Å². The molecule has 18 heavy (non-hydrogen) atoms. The molecule has 0 spiro atoms. The van der Waals surface area contributed by atoms with Crippen molar-refractivity contribution < 1.29 is 9.53 Å². The van der Waals surface area contributed by atoms with E-state index in [2.05, 4.69) is 11.9 Å². The van der Waals surface area contributed by atoms with E-state index in [1.54, 1.807) is 0 Å². The lowest BCUT2D eigenvalue weighted by Gasteiger charge is -2.17. The van der Waals surface area contributed by atoms with Gasteiger partial charge in [-0.2, -0.15) is 0 Å². The summed E-state index contributed by atoms with van der Waals surface area (Å²) >= 11 is 0. The van der Waals surface area contributed by atoms with E-state index in [0.717, 1.165) is 24.8 Å². The molecule has 2 rings (SSSR count). The number of amides is 1. The van der Waals surface area contributed by atoms with Crippen LogP contribution in [0.4, 0.5) is 4.79 Å². The van der Waals surface area contributed by atoms with Gasteiger partial charge in [0.1, 0.15) is 6.61 Å². The maximum Gasteiger partial charge on any atom is 0.407 e. The number of rotatable bonds is 4. The first-order valence-corrected chi connectivity index (χ1v) is 6.39. The van der Waals surface area contributed by atoms with Gasteiger partial charge in [0.05, 0.1) is 0 Å². The molecule has 0 radical (unpaired) electrons. The highest BCUT2D eigenvalue weighted by Crippen LogP contribution is 2.26. The largest absolute Gasteiger partial charge is 0.445 e. The van der Waals surface area contributed by atoms with Gasteiger partial charge in [-0.05, 0) is 24.3 Å². The van der Waals surface area contributed by atoms with Crippen LogP contribution in [0.15, 0.2) is 43.0 Å². The molecule has 1 aromatic rings. The Hall–Kier alpha value is -1.77. The molecule has 3 nitrogen and oxygen atoms in total. The highest BCUT2D eigenvalue weighted by Gasteiger charge is 2.26. The topological polar surface area (TPSA) is 38.3 Å². The lowest BCUT2D eigenvalue weighted by atomic mass is 10.0. The number of carbonyl (C=O) groups is 1. The van der Waals surface area contributed by atoms with E-state index in [4.69, 9.17) is 4.74 Å². The molecule has 1 N–H and O–H groups in total. The van der Waals surface area contributed by atoms with Gasteiger partial charge in [0, 0.05) is 6.04 Å². The van der Waals surface area contributed by atoms with Crippen LogP contribution < -0.4 is 5.32 Å². The molecule has 0 aliphatic heterocycles. The fourth-order valence-corrected chi connectivity index (χ4v) is 2.37. The van der Waals surface area contributed by atoms with Crippen LogP contribution in [0, 0.1) is 5.92 Å². The van der Waals surface area contributed by atoms with Crippen LogP contribution in [0.3, 0.4) is 0 Å². The molecule has 2 atom stereocenters. The third-order valence-corrected chi connectivity index (χ3v) is 3.39. The molecular weight excluding hydrogens is 226 g/mol. The Morgan fingerprint density at radius 1 is 1.39 bits per heavy atom. The predicted octanol–water partition coefficient (Wildman–Crippen LogP) is 3.27. The van der Waals surface area contributed by atoms with Gasteiger partial charge in [-0.25, -0.2) is 4.79 Å². The summed E-state index contributed by atoms with van der Waals surface area (Å²) in [6, 6.07) is 9.87. The number of hydrogen-bond acceptors (Lipinski definition) is 2. The standard InChI is InChI=1S/C15H19NO2/c1-2-13-9-6-10-14(13)16-15(17)18-11-12-7-4-3-5-8-12/h2-5,7-8,13-14H,1,6,9-11H2,(H,16,17)/t13-,14+/m0/s1. The minimum atomic E-state index is -0.336. The molecule has 0 aromatic heterocycles. The lowest BCUT2D eigenvalue weighted by Crippen LogP contribution is -2.37. The van der Waals surface area contributed by atoms with Crippen LogP contribution in [0.2, 0.25) is 0 Å². The summed E-state index contributed by atoms with van der Waals surface area (Å²) in [6.45, 7) is 4.12. The van der Waals surface area contributed by atoms with E-state index in [9.17, 15) is 4.79 Å². The molecule has 0 saturated heterocycles. The molecule has 0 bridgehead atoms. The molecule has 1 aliphatic rings. The third kappa shape index (κ3) is 3.36. The Labute approximate surface area is 108 Å². The number of nitrogens with one attached hydrogen (secondary N) is 1. The summed E-state index contributed by atoms with van der Waals surface area (Å²) < 4.78 is 5.20. The van der Waals surface area contributed by atoms with E-state index in [1.807, 2.05) is 36.4 Å². The predicted molar refractivity (Wildman–Crippen MR) is 71.1 cm³/mol. The second-order valence-electron chi connectivity index (χ2n) is 4.64. The first kappa shape index (κ1) is 12.7. The van der Waals surface area contributed by atoms with Gasteiger partial charge in [0.2, 0.25) is 0 Å². The quantitative estimate of drug-likeness (QED) is 0.827. The molecular formula is C15H19NO2. The molecule has 1 amide bonds. The smallest absolute Gasteiger partial charge is 0.407 e. The Morgan fingerprint density at radius 2 is 2.17 bits per heavy atom. The highest BCUT2D eigenvalue weighted by atomic mass is 16.5. The second-order valence-corrected chi connectivity index (χ2v) is 4.64. The maximum atomic E-state index is 11.7. The van der Waals surface area contributed by atoms with Crippen molar-refractivity contribution in [3.8, 4) is 0 Å². The zero-order chi connectivity index (χ0) is 12.8. The van der Waals surface area contributed by atoms with Crippen LogP contribution in [0.1, 0.15) is 24.8 Å². The van der Waals surface area contributed by atoms with E-state index in [0.29, 0.717) is 12.5 Å². The van der Waals surface area contributed by atoms with E-state index in [1.165, 1.54) is 0 Å². The van der Waals surface area contributed by atoms with Gasteiger partial charge in [-0.1, -0.05) is 42.8 Å². The Morgan fingerprint density at radius 3 is 2.89 bits per heavy atom. The molecule has 1 aliphatic carbocycles. The van der Waals surface area contributed by atoms with Crippen LogP contribution in [-0.4, -0.2) is 12.1 Å². The number of benzene rings is 1. The SMILES string of the molecule is C=C[C@H]1CCC[C@H]1NC(=O)OCc1ccccc1. The normalized spacial score (nSPS) is 22.4. The summed E-state index contributed by atoms with van der Waals surface area (Å²) in [5.74, 6) is 0.384. The first-order valence-electron chi connectivity index (χ1n) is 6.39. The van der Waals surface area contributed by atoms with Crippen LogP contribution in [0.25, 0.3) is 0 Å². The van der Waals surface area contributed by atoms with Crippen molar-refractivity contribution in [1.29, 1.82) is 0 Å². The van der Waals surface area contributed by atoms with Crippen molar-refractivity contribution in [1.82, 2.24) is 5.32 Å². The van der Waals surface area contributed by atoms with Crippen LogP contribution >= 0.6 is 0 Å². The summed E-state index contributed by atoms with van der Waals surface area (Å²) in [7, 11) is 0. The number of carbonyl (C=O) groups excluding carboxylic acids is 1. The van der Waals surface area contributed by atoms with Crippen molar-refractivity contribution >= 4 is 6.09 Å². The molecule has 3 heteroatoms. The van der Waals surface area contributed by atoms with Gasteiger partial charge in [0.25, 0.3) is 0 Å². The van der Waals surface area contributed by atoms with E-state index < -0.39 is 0 Å². The Kier molecular flexibility index (Phi) is 4.40. The fraction of sp³-hybridized carbons (Fsp3) is 0.400. The molecule has 1 fully saturated rings.